The van der Waals surface area contributed by atoms with E-state index in [1.165, 1.54) is 75.7 Å². The molecular formula is C50H42BF3N2O. The van der Waals surface area contributed by atoms with Gasteiger partial charge in [0.1, 0.15) is 5.75 Å². The van der Waals surface area contributed by atoms with Gasteiger partial charge in [-0.05, 0) is 149 Å². The minimum absolute atomic E-state index is 0.0670. The lowest BCUT2D eigenvalue weighted by atomic mass is 9.15. The standard InChI is InChI=1S/C50H42BF3N2O/c52-50(53,54)57-38-21-43-45-44(22-38)56(47-25-36-19-33-20-37(26-47)49(33,36)47)42-14-12-31(29-9-5-2-6-10-29)16-40(42)51(45)39-15-30(28-7-3-1-4-8-28)11-13-41(39)55(43)46-23-34-17-32-18-35(24-46)48(32,34)27-46/h1-16,21-22,32-37H,17-20,23-27H2. The normalized spacial score (nSPS) is 38.0. The molecule has 15 rings (SSSR count). The Morgan fingerprint density at radius 3 is 1.60 bits per heavy atom. The van der Waals surface area contributed by atoms with Crippen molar-refractivity contribution < 1.29 is 17.9 Å². The highest BCUT2D eigenvalue weighted by Crippen LogP contribution is 2.91. The number of ether oxygens (including phenoxy) is 1. The Labute approximate surface area is 331 Å². The second-order valence-electron chi connectivity index (χ2n) is 20.2. The zero-order chi connectivity index (χ0) is 37.4. The topological polar surface area (TPSA) is 15.7 Å². The zero-order valence-corrected chi connectivity index (χ0v) is 31.7. The molecule has 4 unspecified atom stereocenters. The minimum Gasteiger partial charge on any atom is -0.406 e. The first kappa shape index (κ1) is 31.4. The lowest BCUT2D eigenvalue weighted by Gasteiger charge is -2.92. The van der Waals surface area contributed by atoms with E-state index in [4.69, 9.17) is 4.74 Å². The van der Waals surface area contributed by atoms with Crippen molar-refractivity contribution in [2.75, 3.05) is 9.80 Å². The molecule has 4 atom stereocenters. The average Bonchev–Trinajstić information content (AvgIpc) is 3.66. The van der Waals surface area contributed by atoms with Crippen molar-refractivity contribution in [1.29, 1.82) is 0 Å². The molecule has 0 radical (unpaired) electrons. The fraction of sp³-hybridized carbons (Fsp3) is 0.400. The summed E-state index contributed by atoms with van der Waals surface area (Å²) < 4.78 is 48.6. The highest BCUT2D eigenvalue weighted by Gasteiger charge is 2.89. The van der Waals surface area contributed by atoms with Gasteiger partial charge in [-0.3, -0.25) is 0 Å². The molecule has 0 saturated heterocycles. The average molecular weight is 755 g/mol. The molecule has 8 aliphatic carbocycles. The molecule has 3 nitrogen and oxygen atoms in total. The monoisotopic (exact) mass is 754 g/mol. The van der Waals surface area contributed by atoms with E-state index in [0.29, 0.717) is 10.8 Å². The second-order valence-corrected chi connectivity index (χ2v) is 20.2. The second kappa shape index (κ2) is 9.62. The van der Waals surface area contributed by atoms with Gasteiger partial charge in [0.25, 0.3) is 6.71 Å². The van der Waals surface area contributed by atoms with Crippen LogP contribution in [0.2, 0.25) is 0 Å². The zero-order valence-electron chi connectivity index (χ0n) is 31.7. The SMILES string of the molecule is FC(F)(F)Oc1cc2c3c(c1)N(C14CC5CC6CC(C1)C654)c1ccc(-c4ccccc4)cc1B3c1cc(-c3ccccc3)ccc1N2C12CC3CC4CC(C1)C43C2. The molecule has 8 saturated carbocycles. The number of rotatable bonds is 5. The summed E-state index contributed by atoms with van der Waals surface area (Å²) in [5.41, 5.74) is 13.3. The number of anilines is 4. The van der Waals surface area contributed by atoms with E-state index in [9.17, 15) is 13.2 Å². The molecule has 282 valence electrons. The van der Waals surface area contributed by atoms with Gasteiger partial charge in [0.15, 0.2) is 0 Å². The Bertz CT molecular complexity index is 2600. The lowest BCUT2D eigenvalue weighted by molar-refractivity contribution is -0.385. The Morgan fingerprint density at radius 1 is 0.544 bits per heavy atom. The van der Waals surface area contributed by atoms with Gasteiger partial charge in [-0.25, -0.2) is 0 Å². The summed E-state index contributed by atoms with van der Waals surface area (Å²) in [7, 11) is 0. The Kier molecular flexibility index (Phi) is 5.29. The number of benzene rings is 5. The molecule has 5 aromatic carbocycles. The first-order valence-corrected chi connectivity index (χ1v) is 21.6. The quantitative estimate of drug-likeness (QED) is 0.166. The highest BCUT2D eigenvalue weighted by molar-refractivity contribution is 7.00. The molecule has 7 heteroatoms. The van der Waals surface area contributed by atoms with Gasteiger partial charge >= 0.3 is 6.36 Å². The highest BCUT2D eigenvalue weighted by atomic mass is 19.4. The molecule has 0 N–H and O–H groups in total. The molecule has 2 bridgehead atoms. The molecule has 2 spiro atoms. The van der Waals surface area contributed by atoms with Gasteiger partial charge in [-0.15, -0.1) is 13.2 Å². The smallest absolute Gasteiger partial charge is 0.406 e. The van der Waals surface area contributed by atoms with E-state index >= 15 is 0 Å². The number of halogens is 3. The van der Waals surface area contributed by atoms with Gasteiger partial charge in [-0.2, -0.15) is 0 Å². The van der Waals surface area contributed by atoms with Crippen LogP contribution < -0.4 is 30.9 Å². The molecule has 0 amide bonds. The number of nitrogens with zero attached hydrogens (tertiary/aromatic N) is 2. The first-order chi connectivity index (χ1) is 27.7. The number of fused-ring (bicyclic) bond motifs is 5. The van der Waals surface area contributed by atoms with E-state index in [0.717, 1.165) is 79.0 Å². The molecule has 2 heterocycles. The van der Waals surface area contributed by atoms with E-state index in [1.807, 2.05) is 0 Å². The maximum atomic E-state index is 14.5. The lowest BCUT2D eigenvalue weighted by Crippen LogP contribution is -2.93. The summed E-state index contributed by atoms with van der Waals surface area (Å²) in [6.07, 6.45) is 6.14. The van der Waals surface area contributed by atoms with Gasteiger partial charge in [0, 0.05) is 45.8 Å². The van der Waals surface area contributed by atoms with Crippen LogP contribution in [0.1, 0.15) is 57.8 Å². The van der Waals surface area contributed by atoms with Crippen molar-refractivity contribution in [2.24, 2.45) is 46.3 Å². The van der Waals surface area contributed by atoms with E-state index < -0.39 is 6.36 Å². The Hall–Kier alpha value is -4.65. The third kappa shape index (κ3) is 3.35. The van der Waals surface area contributed by atoms with E-state index in [-0.39, 0.29) is 23.5 Å². The molecule has 57 heavy (non-hydrogen) atoms. The summed E-state index contributed by atoms with van der Waals surface area (Å²) in [6.45, 7) is -0.141. The predicted octanol–water partition coefficient (Wildman–Crippen LogP) is 10.1. The van der Waals surface area contributed by atoms with Crippen LogP contribution >= 0.6 is 0 Å². The predicted molar refractivity (Wildman–Crippen MR) is 219 cm³/mol. The summed E-state index contributed by atoms with van der Waals surface area (Å²) in [5, 5.41) is 0. The van der Waals surface area contributed by atoms with E-state index in [1.54, 1.807) is 12.1 Å². The number of hydrogen-bond donors (Lipinski definition) is 0. The molecular weight excluding hydrogens is 712 g/mol. The van der Waals surface area contributed by atoms with Gasteiger partial charge in [-0.1, -0.05) is 84.9 Å². The van der Waals surface area contributed by atoms with Gasteiger partial charge in [0.2, 0.25) is 0 Å². The third-order valence-electron chi connectivity index (χ3n) is 18.8. The maximum absolute atomic E-state index is 14.5. The molecule has 10 aliphatic rings. The van der Waals surface area contributed by atoms with Crippen molar-refractivity contribution in [2.45, 2.75) is 75.2 Å². The Morgan fingerprint density at radius 2 is 1.09 bits per heavy atom. The van der Waals surface area contributed by atoms with Crippen molar-refractivity contribution in [3.8, 4) is 28.0 Å². The molecule has 2 aliphatic heterocycles. The molecule has 8 fully saturated rings. The minimum atomic E-state index is -4.79. The van der Waals surface area contributed by atoms with Crippen LogP contribution in [0.25, 0.3) is 22.3 Å². The van der Waals surface area contributed by atoms with Crippen molar-refractivity contribution in [1.82, 2.24) is 0 Å². The van der Waals surface area contributed by atoms with Crippen LogP contribution in [0.5, 0.6) is 5.75 Å². The van der Waals surface area contributed by atoms with Crippen LogP contribution in [0.15, 0.2) is 109 Å². The van der Waals surface area contributed by atoms with Crippen LogP contribution in [-0.4, -0.2) is 24.2 Å². The summed E-state index contributed by atoms with van der Waals surface area (Å²) in [6, 6.07) is 39.0. The fourth-order valence-corrected chi connectivity index (χ4v) is 17.3. The fourth-order valence-electron chi connectivity index (χ4n) is 17.3. The summed E-state index contributed by atoms with van der Waals surface area (Å²) >= 11 is 0. The van der Waals surface area contributed by atoms with Crippen LogP contribution in [0, 0.1) is 46.3 Å². The Balaban J connectivity index is 1.03. The van der Waals surface area contributed by atoms with Gasteiger partial charge in [0.05, 0.1) is 5.54 Å². The van der Waals surface area contributed by atoms with Crippen LogP contribution in [0.3, 0.4) is 0 Å². The largest absolute Gasteiger partial charge is 0.573 e. The van der Waals surface area contributed by atoms with Crippen LogP contribution in [0.4, 0.5) is 35.9 Å². The van der Waals surface area contributed by atoms with Crippen molar-refractivity contribution >= 4 is 45.9 Å². The van der Waals surface area contributed by atoms with E-state index in [2.05, 4.69) is 107 Å². The molecule has 5 aromatic rings. The third-order valence-corrected chi connectivity index (χ3v) is 18.8. The van der Waals surface area contributed by atoms with Gasteiger partial charge < -0.3 is 14.5 Å². The first-order valence-electron chi connectivity index (χ1n) is 21.6. The summed E-state index contributed by atoms with van der Waals surface area (Å²) in [4.78, 5) is 5.25. The number of alkyl halides is 3. The van der Waals surface area contributed by atoms with Crippen molar-refractivity contribution in [3.05, 3.63) is 109 Å². The number of hydrogen-bond acceptors (Lipinski definition) is 3. The maximum Gasteiger partial charge on any atom is 0.573 e. The van der Waals surface area contributed by atoms with Crippen LogP contribution in [-0.2, 0) is 0 Å². The summed E-state index contributed by atoms with van der Waals surface area (Å²) in [5.74, 6) is 4.42. The van der Waals surface area contributed by atoms with Crippen molar-refractivity contribution in [3.63, 3.8) is 0 Å². The molecule has 0 aromatic heterocycles.